The number of aromatic nitrogens is 1. The predicted molar refractivity (Wildman–Crippen MR) is 69.4 cm³/mol. The summed E-state index contributed by atoms with van der Waals surface area (Å²) in [6, 6.07) is 3.23. The maximum absolute atomic E-state index is 11.8. The minimum absolute atomic E-state index is 0.190. The molecule has 0 aliphatic rings. The lowest BCUT2D eigenvalue weighted by molar-refractivity contribution is 0.0498. The molecule has 100 valence electrons. The van der Waals surface area contributed by atoms with E-state index in [9.17, 15) is 4.79 Å². The zero-order valence-corrected chi connectivity index (χ0v) is 12.0. The van der Waals surface area contributed by atoms with E-state index in [-0.39, 0.29) is 12.2 Å². The Labute approximate surface area is 108 Å². The average molecular weight is 269 g/mol. The molecule has 5 nitrogen and oxygen atoms in total. The number of ether oxygens (including phenoxy) is 1. The van der Waals surface area contributed by atoms with Crippen LogP contribution in [0.1, 0.15) is 24.2 Å². The topological polar surface area (TPSA) is 57.7 Å². The van der Waals surface area contributed by atoms with E-state index < -0.39 is 8.56 Å². The first-order valence-corrected chi connectivity index (χ1v) is 8.48. The van der Waals surface area contributed by atoms with Crippen LogP contribution in [0.15, 0.2) is 24.5 Å². The van der Waals surface area contributed by atoms with Crippen LogP contribution in [0, 0.1) is 0 Å². The van der Waals surface area contributed by atoms with E-state index >= 15 is 0 Å². The Kier molecular flexibility index (Phi) is 5.97. The number of pyridine rings is 1. The van der Waals surface area contributed by atoms with Crippen LogP contribution in [0.5, 0.6) is 0 Å². The van der Waals surface area contributed by atoms with Gasteiger partial charge in [-0.05, 0) is 32.5 Å². The largest absolute Gasteiger partial charge is 0.460 e. The van der Waals surface area contributed by atoms with Gasteiger partial charge in [-0.3, -0.25) is 4.98 Å². The Balaban J connectivity index is 2.55. The zero-order chi connectivity index (χ0) is 13.4. The van der Waals surface area contributed by atoms with Crippen molar-refractivity contribution in [1.82, 2.24) is 4.98 Å². The Bertz CT molecular complexity index is 366. The Morgan fingerprint density at radius 3 is 2.28 bits per heavy atom. The number of esters is 1. The summed E-state index contributed by atoms with van der Waals surface area (Å²) in [5.74, 6) is -0.379. The van der Waals surface area contributed by atoms with Crippen LogP contribution in [0.2, 0.25) is 6.55 Å². The minimum Gasteiger partial charge on any atom is -0.460 e. The van der Waals surface area contributed by atoms with Gasteiger partial charge in [0.1, 0.15) is 6.23 Å². The van der Waals surface area contributed by atoms with Gasteiger partial charge in [-0.2, -0.15) is 0 Å². The summed E-state index contributed by atoms with van der Waals surface area (Å²) < 4.78 is 16.4. The lowest BCUT2D eigenvalue weighted by Crippen LogP contribution is -2.45. The SMILES string of the molecule is CCO[Si](C)(COC(=O)c1ccncc1)OCC. The molecule has 0 spiro atoms. The molecule has 0 amide bonds. The molecule has 6 heteroatoms. The zero-order valence-electron chi connectivity index (χ0n) is 11.0. The summed E-state index contributed by atoms with van der Waals surface area (Å²) in [4.78, 5) is 15.6. The van der Waals surface area contributed by atoms with Crippen molar-refractivity contribution in [2.24, 2.45) is 0 Å². The number of carbonyl (C=O) groups is 1. The van der Waals surface area contributed by atoms with Crippen molar-refractivity contribution in [3.63, 3.8) is 0 Å². The van der Waals surface area contributed by atoms with Gasteiger partial charge < -0.3 is 13.6 Å². The molecule has 0 aliphatic carbocycles. The first-order chi connectivity index (χ1) is 8.61. The van der Waals surface area contributed by atoms with E-state index in [1.807, 2.05) is 20.4 Å². The van der Waals surface area contributed by atoms with Gasteiger partial charge in [0.15, 0.2) is 0 Å². The third-order valence-electron chi connectivity index (χ3n) is 2.28. The predicted octanol–water partition coefficient (Wildman–Crippen LogP) is 1.92. The summed E-state index contributed by atoms with van der Waals surface area (Å²) in [5, 5.41) is 0. The van der Waals surface area contributed by atoms with Crippen LogP contribution in [0.25, 0.3) is 0 Å². The molecule has 0 saturated heterocycles. The second-order valence-electron chi connectivity index (χ2n) is 3.81. The summed E-state index contributed by atoms with van der Waals surface area (Å²) >= 11 is 0. The molecule has 0 atom stereocenters. The van der Waals surface area contributed by atoms with Gasteiger partial charge in [-0.25, -0.2) is 4.79 Å². The summed E-state index contributed by atoms with van der Waals surface area (Å²) in [5.41, 5.74) is 0.481. The highest BCUT2D eigenvalue weighted by Crippen LogP contribution is 2.09. The van der Waals surface area contributed by atoms with Gasteiger partial charge in [0, 0.05) is 25.6 Å². The molecule has 0 aliphatic heterocycles. The van der Waals surface area contributed by atoms with Crippen LogP contribution < -0.4 is 0 Å². The van der Waals surface area contributed by atoms with E-state index in [1.54, 1.807) is 24.5 Å². The van der Waals surface area contributed by atoms with Crippen molar-refractivity contribution in [3.05, 3.63) is 30.1 Å². The quantitative estimate of drug-likeness (QED) is 0.559. The molecule has 1 aromatic heterocycles. The van der Waals surface area contributed by atoms with Gasteiger partial charge in [0.05, 0.1) is 5.56 Å². The first kappa shape index (κ1) is 14.8. The number of rotatable bonds is 7. The maximum Gasteiger partial charge on any atom is 0.374 e. The molecule has 18 heavy (non-hydrogen) atoms. The van der Waals surface area contributed by atoms with Crippen LogP contribution in [-0.2, 0) is 13.6 Å². The smallest absolute Gasteiger partial charge is 0.374 e. The number of carbonyl (C=O) groups excluding carboxylic acids is 1. The second kappa shape index (κ2) is 7.25. The fourth-order valence-electron chi connectivity index (χ4n) is 1.50. The first-order valence-electron chi connectivity index (χ1n) is 5.96. The van der Waals surface area contributed by atoms with Gasteiger partial charge >= 0.3 is 14.5 Å². The van der Waals surface area contributed by atoms with Crippen LogP contribution in [0.3, 0.4) is 0 Å². The van der Waals surface area contributed by atoms with E-state index in [4.69, 9.17) is 13.6 Å². The minimum atomic E-state index is -2.40. The highest BCUT2D eigenvalue weighted by atomic mass is 28.4. The van der Waals surface area contributed by atoms with Crippen LogP contribution >= 0.6 is 0 Å². The van der Waals surface area contributed by atoms with Gasteiger partial charge in [0.25, 0.3) is 0 Å². The van der Waals surface area contributed by atoms with Crippen molar-refractivity contribution >= 4 is 14.5 Å². The number of hydrogen-bond donors (Lipinski definition) is 0. The summed E-state index contributed by atoms with van der Waals surface area (Å²) in [6.45, 7) is 6.79. The van der Waals surface area contributed by atoms with Gasteiger partial charge in [-0.1, -0.05) is 0 Å². The standard InChI is InChI=1S/C12H19NO4Si/c1-4-16-18(3,17-5-2)10-15-12(14)11-6-8-13-9-7-11/h6-9H,4-5,10H2,1-3H3. The van der Waals surface area contributed by atoms with E-state index in [1.165, 1.54) is 0 Å². The average Bonchev–Trinajstić information content (AvgIpc) is 2.38. The van der Waals surface area contributed by atoms with E-state index in [0.29, 0.717) is 18.8 Å². The third-order valence-corrected chi connectivity index (χ3v) is 4.75. The molecule has 0 N–H and O–H groups in total. The fourth-order valence-corrected chi connectivity index (χ4v) is 3.37. The van der Waals surface area contributed by atoms with Crippen molar-refractivity contribution in [2.75, 3.05) is 19.4 Å². The molecular weight excluding hydrogens is 250 g/mol. The highest BCUT2D eigenvalue weighted by Gasteiger charge is 2.33. The van der Waals surface area contributed by atoms with Crippen molar-refractivity contribution in [2.45, 2.75) is 20.4 Å². The molecule has 0 unspecified atom stereocenters. The van der Waals surface area contributed by atoms with Crippen LogP contribution in [0.4, 0.5) is 0 Å². The van der Waals surface area contributed by atoms with Crippen molar-refractivity contribution in [3.8, 4) is 0 Å². The molecule has 1 heterocycles. The van der Waals surface area contributed by atoms with E-state index in [0.717, 1.165) is 0 Å². The lowest BCUT2D eigenvalue weighted by atomic mass is 10.3. The highest BCUT2D eigenvalue weighted by molar-refractivity contribution is 6.66. The van der Waals surface area contributed by atoms with Gasteiger partial charge in [-0.15, -0.1) is 0 Å². The molecular formula is C12H19NO4Si. The number of nitrogens with zero attached hydrogens (tertiary/aromatic N) is 1. The Morgan fingerprint density at radius 2 is 1.78 bits per heavy atom. The Hall–Kier alpha value is -1.24. The monoisotopic (exact) mass is 269 g/mol. The maximum atomic E-state index is 11.8. The van der Waals surface area contributed by atoms with Crippen molar-refractivity contribution in [1.29, 1.82) is 0 Å². The summed E-state index contributed by atoms with van der Waals surface area (Å²) in [6.07, 6.45) is 3.30. The molecule has 0 fully saturated rings. The molecule has 1 rings (SSSR count). The lowest BCUT2D eigenvalue weighted by Gasteiger charge is -2.25. The van der Waals surface area contributed by atoms with Gasteiger partial charge in [0.2, 0.25) is 0 Å². The van der Waals surface area contributed by atoms with E-state index in [2.05, 4.69) is 4.98 Å². The second-order valence-corrected chi connectivity index (χ2v) is 6.95. The Morgan fingerprint density at radius 1 is 1.22 bits per heavy atom. The molecule has 0 bridgehead atoms. The normalized spacial score (nSPS) is 11.3. The molecule has 0 aromatic carbocycles. The molecule has 0 saturated carbocycles. The summed E-state index contributed by atoms with van der Waals surface area (Å²) in [7, 11) is -2.40. The third kappa shape index (κ3) is 4.56. The van der Waals surface area contributed by atoms with Crippen LogP contribution in [-0.4, -0.2) is 39.0 Å². The molecule has 0 radical (unpaired) electrons. The fraction of sp³-hybridized carbons (Fsp3) is 0.500. The number of hydrogen-bond acceptors (Lipinski definition) is 5. The van der Waals surface area contributed by atoms with Crippen molar-refractivity contribution < 1.29 is 18.4 Å². The molecule has 1 aromatic rings.